The number of hydrazine groups is 1. The van der Waals surface area contributed by atoms with Crippen molar-refractivity contribution in [3.63, 3.8) is 0 Å². The maximum Gasteiger partial charge on any atom is 0.269 e. The summed E-state index contributed by atoms with van der Waals surface area (Å²) in [5, 5.41) is 0.656. The number of nitrogens with one attached hydrogen (secondary N) is 2. The van der Waals surface area contributed by atoms with Gasteiger partial charge in [0, 0.05) is 16.3 Å². The highest BCUT2D eigenvalue weighted by Crippen LogP contribution is 2.39. The first-order valence-electron chi connectivity index (χ1n) is 9.96. The van der Waals surface area contributed by atoms with E-state index in [4.69, 9.17) is 25.8 Å². The molecule has 0 aliphatic rings. The summed E-state index contributed by atoms with van der Waals surface area (Å²) in [6.45, 7) is 6.75. The third-order valence-electron chi connectivity index (χ3n) is 3.88. The highest BCUT2D eigenvalue weighted by atomic mass is 35.5. The molecule has 0 aliphatic carbocycles. The van der Waals surface area contributed by atoms with Crippen LogP contribution in [0.2, 0.25) is 5.02 Å². The first kappa shape index (κ1) is 24.7. The molecule has 2 rings (SSSR count). The molecule has 0 aliphatic heterocycles. The number of hydrogen-bond donors (Lipinski definition) is 2. The highest BCUT2D eigenvalue weighted by Gasteiger charge is 2.18. The normalized spacial score (nSPS) is 10.3. The lowest BCUT2D eigenvalue weighted by molar-refractivity contribution is -0.119. The largest absolute Gasteiger partial charge is 0.490 e. The van der Waals surface area contributed by atoms with Crippen LogP contribution in [0.5, 0.6) is 17.2 Å². The second-order valence-electron chi connectivity index (χ2n) is 6.23. The van der Waals surface area contributed by atoms with Gasteiger partial charge in [0.05, 0.1) is 25.6 Å². The Hall–Kier alpha value is -2.58. The van der Waals surface area contributed by atoms with Gasteiger partial charge in [-0.25, -0.2) is 0 Å². The quantitative estimate of drug-likeness (QED) is 0.482. The molecule has 0 heterocycles. The van der Waals surface area contributed by atoms with E-state index in [1.807, 2.05) is 39.0 Å². The fourth-order valence-electron chi connectivity index (χ4n) is 2.64. The number of hydrogen-bond acceptors (Lipinski definition) is 6. The van der Waals surface area contributed by atoms with E-state index in [-0.39, 0.29) is 17.2 Å². The molecule has 0 bridgehead atoms. The lowest BCUT2D eigenvalue weighted by atomic mass is 10.1. The Balaban J connectivity index is 1.96. The van der Waals surface area contributed by atoms with Gasteiger partial charge in [-0.1, -0.05) is 23.7 Å². The molecule has 2 aromatic rings. The van der Waals surface area contributed by atoms with E-state index in [0.717, 1.165) is 5.56 Å². The number of amides is 2. The van der Waals surface area contributed by atoms with Crippen molar-refractivity contribution < 1.29 is 23.8 Å². The lowest BCUT2D eigenvalue weighted by Gasteiger charge is -2.17. The Labute approximate surface area is 191 Å². The second kappa shape index (κ2) is 13.0. The van der Waals surface area contributed by atoms with E-state index < -0.39 is 5.91 Å². The number of halogens is 1. The van der Waals surface area contributed by atoms with Gasteiger partial charge in [0.25, 0.3) is 5.91 Å². The third kappa shape index (κ3) is 7.88. The molecule has 0 atom stereocenters. The van der Waals surface area contributed by atoms with Crippen LogP contribution < -0.4 is 25.1 Å². The van der Waals surface area contributed by atoms with Crippen LogP contribution in [0.4, 0.5) is 0 Å². The van der Waals surface area contributed by atoms with Crippen LogP contribution in [-0.4, -0.2) is 37.4 Å². The van der Waals surface area contributed by atoms with Gasteiger partial charge in [-0.2, -0.15) is 0 Å². The molecule has 0 fully saturated rings. The Bertz CT molecular complexity index is 867. The Morgan fingerprint density at radius 1 is 0.935 bits per heavy atom. The molecular formula is C22H27ClN2O5S. The molecular weight excluding hydrogens is 440 g/mol. The van der Waals surface area contributed by atoms with Crippen LogP contribution in [-0.2, 0) is 10.5 Å². The molecule has 0 spiro atoms. The summed E-state index contributed by atoms with van der Waals surface area (Å²) in [6.07, 6.45) is 0. The Morgan fingerprint density at radius 2 is 1.58 bits per heavy atom. The van der Waals surface area contributed by atoms with Gasteiger partial charge in [-0.15, -0.1) is 11.8 Å². The molecule has 168 valence electrons. The molecule has 0 unspecified atom stereocenters. The number of carbonyl (C=O) groups is 2. The minimum atomic E-state index is -0.488. The summed E-state index contributed by atoms with van der Waals surface area (Å²) >= 11 is 7.37. The van der Waals surface area contributed by atoms with Gasteiger partial charge in [0.2, 0.25) is 11.7 Å². The van der Waals surface area contributed by atoms with E-state index >= 15 is 0 Å². The van der Waals surface area contributed by atoms with Gasteiger partial charge >= 0.3 is 0 Å². The third-order valence-corrected chi connectivity index (χ3v) is 5.12. The molecule has 0 aromatic heterocycles. The predicted molar refractivity (Wildman–Crippen MR) is 123 cm³/mol. The molecule has 31 heavy (non-hydrogen) atoms. The van der Waals surface area contributed by atoms with Crippen molar-refractivity contribution in [2.24, 2.45) is 0 Å². The van der Waals surface area contributed by atoms with E-state index in [9.17, 15) is 9.59 Å². The van der Waals surface area contributed by atoms with E-state index in [2.05, 4.69) is 10.9 Å². The number of carbonyl (C=O) groups excluding carboxylic acids is 2. The van der Waals surface area contributed by atoms with Gasteiger partial charge in [0.1, 0.15) is 0 Å². The topological polar surface area (TPSA) is 85.9 Å². The summed E-state index contributed by atoms with van der Waals surface area (Å²) in [6, 6.07) is 10.6. The van der Waals surface area contributed by atoms with Crippen molar-refractivity contribution in [3.05, 3.63) is 52.5 Å². The summed E-state index contributed by atoms with van der Waals surface area (Å²) in [5.74, 6) is 1.28. The molecule has 0 radical (unpaired) electrons. The number of rotatable bonds is 11. The predicted octanol–water partition coefficient (Wildman–Crippen LogP) is 4.23. The van der Waals surface area contributed by atoms with Gasteiger partial charge in [-0.05, 0) is 50.6 Å². The van der Waals surface area contributed by atoms with Crippen molar-refractivity contribution in [1.29, 1.82) is 0 Å². The SMILES string of the molecule is CCOc1cc(C(=O)NNC(=O)CSCc2cccc(Cl)c2)cc(OCC)c1OCC. The van der Waals surface area contributed by atoms with Crippen molar-refractivity contribution >= 4 is 35.2 Å². The Kier molecular flexibility index (Phi) is 10.3. The first-order chi connectivity index (χ1) is 15.0. The van der Waals surface area contributed by atoms with Gasteiger partial charge in [0.15, 0.2) is 11.5 Å². The van der Waals surface area contributed by atoms with Crippen molar-refractivity contribution in [3.8, 4) is 17.2 Å². The zero-order valence-electron chi connectivity index (χ0n) is 17.8. The molecule has 0 saturated carbocycles. The lowest BCUT2D eigenvalue weighted by Crippen LogP contribution is -2.42. The second-order valence-corrected chi connectivity index (χ2v) is 7.65. The summed E-state index contributed by atoms with van der Waals surface area (Å²) in [4.78, 5) is 24.6. The Morgan fingerprint density at radius 3 is 2.16 bits per heavy atom. The number of benzene rings is 2. The molecule has 2 aromatic carbocycles. The zero-order valence-corrected chi connectivity index (χ0v) is 19.4. The first-order valence-corrected chi connectivity index (χ1v) is 11.5. The fraction of sp³-hybridized carbons (Fsp3) is 0.364. The van der Waals surface area contributed by atoms with Gasteiger partial charge < -0.3 is 14.2 Å². The van der Waals surface area contributed by atoms with E-state index in [0.29, 0.717) is 47.8 Å². The fourth-order valence-corrected chi connectivity index (χ4v) is 3.63. The van der Waals surface area contributed by atoms with E-state index in [1.54, 1.807) is 18.2 Å². The van der Waals surface area contributed by atoms with Crippen molar-refractivity contribution in [1.82, 2.24) is 10.9 Å². The monoisotopic (exact) mass is 466 g/mol. The minimum Gasteiger partial charge on any atom is -0.490 e. The van der Waals surface area contributed by atoms with Crippen LogP contribution in [0.15, 0.2) is 36.4 Å². The molecule has 2 amide bonds. The molecule has 9 heteroatoms. The average Bonchev–Trinajstić information content (AvgIpc) is 2.74. The zero-order chi connectivity index (χ0) is 22.6. The standard InChI is InChI=1S/C22H27ClN2O5S/c1-4-28-18-11-16(12-19(29-5-2)21(18)30-6-3)22(27)25-24-20(26)14-31-13-15-8-7-9-17(23)10-15/h7-12H,4-6,13-14H2,1-3H3,(H,24,26)(H,25,27). The average molecular weight is 467 g/mol. The maximum atomic E-state index is 12.6. The summed E-state index contributed by atoms with van der Waals surface area (Å²) in [5.41, 5.74) is 6.15. The summed E-state index contributed by atoms with van der Waals surface area (Å²) < 4.78 is 16.9. The number of thioether (sulfide) groups is 1. The smallest absolute Gasteiger partial charge is 0.269 e. The molecule has 7 nitrogen and oxygen atoms in total. The van der Waals surface area contributed by atoms with Crippen LogP contribution in [0, 0.1) is 0 Å². The number of ether oxygens (including phenoxy) is 3. The van der Waals surface area contributed by atoms with Gasteiger partial charge in [-0.3, -0.25) is 20.4 Å². The van der Waals surface area contributed by atoms with E-state index in [1.165, 1.54) is 11.8 Å². The minimum absolute atomic E-state index is 0.185. The van der Waals surface area contributed by atoms with Crippen LogP contribution in [0.25, 0.3) is 0 Å². The highest BCUT2D eigenvalue weighted by molar-refractivity contribution is 7.99. The van der Waals surface area contributed by atoms with Crippen LogP contribution >= 0.6 is 23.4 Å². The summed E-state index contributed by atoms with van der Waals surface area (Å²) in [7, 11) is 0. The maximum absolute atomic E-state index is 12.6. The van der Waals surface area contributed by atoms with Crippen molar-refractivity contribution in [2.45, 2.75) is 26.5 Å². The van der Waals surface area contributed by atoms with Crippen molar-refractivity contribution in [2.75, 3.05) is 25.6 Å². The molecule has 0 saturated heterocycles. The van der Waals surface area contributed by atoms with Crippen LogP contribution in [0.3, 0.4) is 0 Å². The van der Waals surface area contributed by atoms with Crippen LogP contribution in [0.1, 0.15) is 36.7 Å². The molecule has 2 N–H and O–H groups in total.